The quantitative estimate of drug-likeness (QED) is 0.590. The zero-order valence-corrected chi connectivity index (χ0v) is 15.0. The van der Waals surface area contributed by atoms with E-state index in [1.165, 1.54) is 12.1 Å². The lowest BCUT2D eigenvalue weighted by molar-refractivity contribution is -0.135. The summed E-state index contributed by atoms with van der Waals surface area (Å²) in [7, 11) is -3.55. The molecule has 1 aliphatic rings. The van der Waals surface area contributed by atoms with Crippen molar-refractivity contribution in [2.24, 2.45) is 11.1 Å². The molecule has 0 aliphatic carbocycles. The molecule has 1 aliphatic heterocycles. The van der Waals surface area contributed by atoms with Crippen LogP contribution in [0.1, 0.15) is 12.8 Å². The van der Waals surface area contributed by atoms with Gasteiger partial charge in [-0.2, -0.15) is 0 Å². The first-order valence-corrected chi connectivity index (χ1v) is 9.09. The molecule has 0 unspecified atom stereocenters. The average Bonchev–Trinajstić information content (AvgIpc) is 2.60. The highest BCUT2D eigenvalue weighted by atomic mass is 35.5. The Bertz CT molecular complexity index is 619. The monoisotopic (exact) mass is 377 g/mol. The Morgan fingerprint density at radius 3 is 2.38 bits per heavy atom. The van der Waals surface area contributed by atoms with Gasteiger partial charge in [0.1, 0.15) is 0 Å². The van der Waals surface area contributed by atoms with E-state index >= 15 is 0 Å². The summed E-state index contributed by atoms with van der Waals surface area (Å²) in [5.41, 5.74) is 5.16. The molecule has 2 rings (SSSR count). The maximum Gasteiger partial charge on any atom is 0.240 e. The Balaban J connectivity index is 0.00000288. The van der Waals surface area contributed by atoms with Crippen molar-refractivity contribution >= 4 is 28.3 Å². The Labute approximate surface area is 148 Å². The first-order valence-electron chi connectivity index (χ1n) is 7.61. The molecule has 0 spiro atoms. The molecule has 1 aromatic carbocycles. The second-order valence-electron chi connectivity index (χ2n) is 5.56. The van der Waals surface area contributed by atoms with E-state index in [4.69, 9.17) is 10.5 Å². The lowest BCUT2D eigenvalue weighted by Crippen LogP contribution is -2.50. The molecule has 136 valence electrons. The van der Waals surface area contributed by atoms with Crippen LogP contribution in [0.4, 0.5) is 0 Å². The average molecular weight is 378 g/mol. The number of hydrogen-bond donors (Lipinski definition) is 3. The molecular formula is C15H24ClN3O4S. The molecule has 0 atom stereocenters. The molecule has 0 saturated carbocycles. The van der Waals surface area contributed by atoms with E-state index in [2.05, 4.69) is 10.0 Å². The Kier molecular flexibility index (Phi) is 8.11. The Morgan fingerprint density at radius 2 is 1.79 bits per heavy atom. The topological polar surface area (TPSA) is 111 Å². The van der Waals surface area contributed by atoms with Gasteiger partial charge in [-0.05, 0) is 25.0 Å². The van der Waals surface area contributed by atoms with E-state index in [1.807, 2.05) is 0 Å². The van der Waals surface area contributed by atoms with Crippen molar-refractivity contribution in [2.75, 3.05) is 32.8 Å². The molecule has 1 aromatic rings. The third-order valence-corrected chi connectivity index (χ3v) is 5.56. The molecule has 1 heterocycles. The standard InChI is InChI=1S/C15H23N3O4S.ClH/c16-12-15(6-10-22-11-7-15)14(19)17-8-9-18-23(20,21)13-4-2-1-3-5-13;/h1-5,18H,6-12,16H2,(H,17,19);1H. The lowest BCUT2D eigenvalue weighted by atomic mass is 9.79. The number of sulfonamides is 1. The fourth-order valence-electron chi connectivity index (χ4n) is 2.52. The summed E-state index contributed by atoms with van der Waals surface area (Å²) in [5, 5.41) is 2.77. The maximum atomic E-state index is 12.3. The Morgan fingerprint density at radius 1 is 1.17 bits per heavy atom. The van der Waals surface area contributed by atoms with Crippen LogP contribution in [-0.2, 0) is 19.6 Å². The van der Waals surface area contributed by atoms with Crippen molar-refractivity contribution in [1.29, 1.82) is 0 Å². The molecule has 24 heavy (non-hydrogen) atoms. The summed E-state index contributed by atoms with van der Waals surface area (Å²) >= 11 is 0. The number of carbonyl (C=O) groups excluding carboxylic acids is 1. The molecule has 4 N–H and O–H groups in total. The van der Waals surface area contributed by atoms with Gasteiger partial charge in [0.25, 0.3) is 0 Å². The number of halogens is 1. The third kappa shape index (κ3) is 5.15. The van der Waals surface area contributed by atoms with Crippen molar-refractivity contribution in [1.82, 2.24) is 10.0 Å². The summed E-state index contributed by atoms with van der Waals surface area (Å²) in [6.45, 7) is 1.64. The van der Waals surface area contributed by atoms with Gasteiger partial charge < -0.3 is 15.8 Å². The lowest BCUT2D eigenvalue weighted by Gasteiger charge is -2.34. The molecule has 0 radical (unpaired) electrons. The predicted molar refractivity (Wildman–Crippen MR) is 93.4 cm³/mol. The number of nitrogens with one attached hydrogen (secondary N) is 2. The minimum Gasteiger partial charge on any atom is -0.381 e. The zero-order valence-electron chi connectivity index (χ0n) is 13.4. The minimum atomic E-state index is -3.55. The van der Waals surface area contributed by atoms with Gasteiger partial charge in [-0.1, -0.05) is 18.2 Å². The third-order valence-electron chi connectivity index (χ3n) is 4.08. The van der Waals surface area contributed by atoms with Gasteiger partial charge in [0.05, 0.1) is 10.3 Å². The fourth-order valence-corrected chi connectivity index (χ4v) is 3.57. The number of benzene rings is 1. The molecule has 0 aromatic heterocycles. The highest BCUT2D eigenvalue weighted by Gasteiger charge is 2.38. The van der Waals surface area contributed by atoms with Crippen molar-refractivity contribution in [3.05, 3.63) is 30.3 Å². The van der Waals surface area contributed by atoms with Gasteiger partial charge in [0.2, 0.25) is 15.9 Å². The van der Waals surface area contributed by atoms with Crippen LogP contribution in [0.2, 0.25) is 0 Å². The van der Waals surface area contributed by atoms with E-state index in [0.717, 1.165) is 0 Å². The smallest absolute Gasteiger partial charge is 0.240 e. The summed E-state index contributed by atoms with van der Waals surface area (Å²) < 4.78 is 31.8. The van der Waals surface area contributed by atoms with Crippen LogP contribution in [0.25, 0.3) is 0 Å². The van der Waals surface area contributed by atoms with Crippen LogP contribution in [0.3, 0.4) is 0 Å². The van der Waals surface area contributed by atoms with Gasteiger partial charge in [-0.25, -0.2) is 13.1 Å². The van der Waals surface area contributed by atoms with Crippen molar-refractivity contribution in [3.63, 3.8) is 0 Å². The number of ether oxygens (including phenoxy) is 1. The van der Waals surface area contributed by atoms with E-state index in [-0.39, 0.29) is 42.8 Å². The summed E-state index contributed by atoms with van der Waals surface area (Å²) in [6.07, 6.45) is 1.18. The van der Waals surface area contributed by atoms with Gasteiger partial charge in [0, 0.05) is 32.8 Å². The zero-order chi connectivity index (χ0) is 16.8. The van der Waals surface area contributed by atoms with Crippen LogP contribution < -0.4 is 15.8 Å². The highest BCUT2D eigenvalue weighted by Crippen LogP contribution is 2.29. The molecular weight excluding hydrogens is 354 g/mol. The van der Waals surface area contributed by atoms with E-state index in [0.29, 0.717) is 26.1 Å². The first kappa shape index (κ1) is 20.9. The van der Waals surface area contributed by atoms with Crippen LogP contribution in [0, 0.1) is 5.41 Å². The SMILES string of the molecule is Cl.NCC1(C(=O)NCCNS(=O)(=O)c2ccccc2)CCOCC1. The molecule has 0 bridgehead atoms. The number of nitrogens with two attached hydrogens (primary N) is 1. The minimum absolute atomic E-state index is 0. The van der Waals surface area contributed by atoms with Gasteiger partial charge in [0.15, 0.2) is 0 Å². The normalized spacial score (nSPS) is 16.9. The van der Waals surface area contributed by atoms with Crippen molar-refractivity contribution in [2.45, 2.75) is 17.7 Å². The second kappa shape index (κ2) is 9.33. The number of rotatable bonds is 7. The predicted octanol–water partition coefficient (Wildman–Crippen LogP) is 0.258. The van der Waals surface area contributed by atoms with Crippen LogP contribution in [0.15, 0.2) is 35.2 Å². The summed E-state index contributed by atoms with van der Waals surface area (Å²) in [6, 6.07) is 8.11. The van der Waals surface area contributed by atoms with E-state index in [1.54, 1.807) is 18.2 Å². The molecule has 1 saturated heterocycles. The van der Waals surface area contributed by atoms with E-state index < -0.39 is 15.4 Å². The molecule has 7 nitrogen and oxygen atoms in total. The number of carbonyl (C=O) groups is 1. The largest absolute Gasteiger partial charge is 0.381 e. The first-order chi connectivity index (χ1) is 11.0. The Hall–Kier alpha value is -1.19. The maximum absolute atomic E-state index is 12.3. The van der Waals surface area contributed by atoms with Crippen LogP contribution in [0.5, 0.6) is 0 Å². The summed E-state index contributed by atoms with van der Waals surface area (Å²) in [4.78, 5) is 12.5. The van der Waals surface area contributed by atoms with Gasteiger partial charge in [-0.15, -0.1) is 12.4 Å². The van der Waals surface area contributed by atoms with Gasteiger partial charge in [-0.3, -0.25) is 4.79 Å². The highest BCUT2D eigenvalue weighted by molar-refractivity contribution is 7.89. The molecule has 1 fully saturated rings. The van der Waals surface area contributed by atoms with Gasteiger partial charge >= 0.3 is 0 Å². The number of hydrogen-bond acceptors (Lipinski definition) is 5. The summed E-state index contributed by atoms with van der Waals surface area (Å²) in [5.74, 6) is -0.137. The fraction of sp³-hybridized carbons (Fsp3) is 0.533. The van der Waals surface area contributed by atoms with Crippen LogP contribution >= 0.6 is 12.4 Å². The second-order valence-corrected chi connectivity index (χ2v) is 7.33. The van der Waals surface area contributed by atoms with Crippen molar-refractivity contribution in [3.8, 4) is 0 Å². The van der Waals surface area contributed by atoms with Crippen molar-refractivity contribution < 1.29 is 17.9 Å². The van der Waals surface area contributed by atoms with Crippen LogP contribution in [-0.4, -0.2) is 47.2 Å². The number of amides is 1. The molecule has 1 amide bonds. The molecule has 9 heteroatoms. The van der Waals surface area contributed by atoms with E-state index in [9.17, 15) is 13.2 Å².